The summed E-state index contributed by atoms with van der Waals surface area (Å²) in [6.07, 6.45) is 1.43. The van der Waals surface area contributed by atoms with E-state index in [1.165, 1.54) is 18.0 Å². The van der Waals surface area contributed by atoms with E-state index < -0.39 is 0 Å². The average molecular weight is 382 g/mol. The van der Waals surface area contributed by atoms with Crippen molar-refractivity contribution in [3.63, 3.8) is 0 Å². The number of likely N-dealkylation sites (tertiary alicyclic amines) is 1. The fraction of sp³-hybridized carbons (Fsp3) is 0.222. The van der Waals surface area contributed by atoms with Crippen molar-refractivity contribution in [1.29, 1.82) is 5.26 Å². The van der Waals surface area contributed by atoms with Gasteiger partial charge in [-0.3, -0.25) is 4.79 Å². The Hall–Kier alpha value is -2.63. The third-order valence-corrected chi connectivity index (χ3v) is 6.11. The highest BCUT2D eigenvalue weighted by molar-refractivity contribution is 8.01. The number of benzene rings is 1. The van der Waals surface area contributed by atoms with Gasteiger partial charge in [0.1, 0.15) is 12.2 Å². The number of hydrogen-bond acceptors (Lipinski definition) is 7. The molecule has 4 rings (SSSR count). The molecule has 0 bridgehead atoms. The minimum absolute atomic E-state index is 0.0492. The first-order valence-corrected chi connectivity index (χ1v) is 9.80. The van der Waals surface area contributed by atoms with E-state index >= 15 is 0 Å². The van der Waals surface area contributed by atoms with Crippen LogP contribution < -0.4 is 4.74 Å². The summed E-state index contributed by atoms with van der Waals surface area (Å²) >= 11 is 3.08. The molecule has 0 saturated carbocycles. The smallest absolute Gasteiger partial charge is 0.233 e. The number of carbonyl (C=O) groups is 1. The fourth-order valence-electron chi connectivity index (χ4n) is 2.53. The van der Waals surface area contributed by atoms with E-state index in [0.29, 0.717) is 30.3 Å². The van der Waals surface area contributed by atoms with Gasteiger partial charge >= 0.3 is 0 Å². The maximum absolute atomic E-state index is 12.3. The second kappa shape index (κ2) is 7.32. The number of aromatic nitrogens is 2. The van der Waals surface area contributed by atoms with Gasteiger partial charge in [-0.2, -0.15) is 5.26 Å². The van der Waals surface area contributed by atoms with Gasteiger partial charge in [-0.15, -0.1) is 11.3 Å². The largest absolute Gasteiger partial charge is 0.471 e. The SMILES string of the molecule is N#Cc1ccc(OC2CN(C(=O)CSc3nc4ccccc4s3)C2)nc1. The minimum atomic E-state index is -0.0492. The van der Waals surface area contributed by atoms with Crippen LogP contribution in [0.4, 0.5) is 0 Å². The molecular weight excluding hydrogens is 368 g/mol. The first-order valence-electron chi connectivity index (χ1n) is 8.00. The highest BCUT2D eigenvalue weighted by Gasteiger charge is 2.32. The molecule has 2 aromatic heterocycles. The molecular formula is C18H14N4O2S2. The van der Waals surface area contributed by atoms with Gasteiger partial charge in [-0.05, 0) is 18.2 Å². The molecule has 26 heavy (non-hydrogen) atoms. The van der Waals surface area contributed by atoms with Crippen LogP contribution in [-0.4, -0.2) is 45.7 Å². The van der Waals surface area contributed by atoms with Gasteiger partial charge in [-0.25, -0.2) is 9.97 Å². The van der Waals surface area contributed by atoms with Crippen LogP contribution >= 0.6 is 23.1 Å². The van der Waals surface area contributed by atoms with E-state index in [-0.39, 0.29) is 12.0 Å². The quantitative estimate of drug-likeness (QED) is 0.631. The Labute approximate surface area is 158 Å². The van der Waals surface area contributed by atoms with Gasteiger partial charge in [0.2, 0.25) is 11.8 Å². The molecule has 1 aliphatic rings. The van der Waals surface area contributed by atoms with Gasteiger partial charge in [0, 0.05) is 12.3 Å². The van der Waals surface area contributed by atoms with E-state index in [1.807, 2.05) is 30.3 Å². The highest BCUT2D eigenvalue weighted by atomic mass is 32.2. The lowest BCUT2D eigenvalue weighted by molar-refractivity contribution is -0.137. The predicted molar refractivity (Wildman–Crippen MR) is 100 cm³/mol. The zero-order valence-electron chi connectivity index (χ0n) is 13.7. The van der Waals surface area contributed by atoms with Crippen molar-refractivity contribution in [3.05, 3.63) is 48.2 Å². The third kappa shape index (κ3) is 3.64. The molecule has 1 amide bonds. The molecule has 3 aromatic rings. The zero-order chi connectivity index (χ0) is 17.9. The van der Waals surface area contributed by atoms with E-state index in [9.17, 15) is 4.79 Å². The second-order valence-electron chi connectivity index (χ2n) is 5.77. The standard InChI is InChI=1S/C18H14N4O2S2/c19-7-12-5-6-16(20-8-12)24-13-9-22(10-13)17(23)11-25-18-21-14-3-1-2-4-15(14)26-18/h1-6,8,13H,9-11H2. The number of thioether (sulfide) groups is 1. The summed E-state index contributed by atoms with van der Waals surface area (Å²) in [4.78, 5) is 22.6. The lowest BCUT2D eigenvalue weighted by Gasteiger charge is -2.38. The number of amides is 1. The summed E-state index contributed by atoms with van der Waals surface area (Å²) in [6, 6.07) is 13.3. The molecule has 0 atom stereocenters. The van der Waals surface area contributed by atoms with Gasteiger partial charge in [-0.1, -0.05) is 23.9 Å². The normalized spacial score (nSPS) is 14.0. The summed E-state index contributed by atoms with van der Waals surface area (Å²) in [5.41, 5.74) is 1.47. The first kappa shape index (κ1) is 16.8. The Bertz CT molecular complexity index is 942. The van der Waals surface area contributed by atoms with Crippen LogP contribution in [0.2, 0.25) is 0 Å². The molecule has 1 aromatic carbocycles. The summed E-state index contributed by atoms with van der Waals surface area (Å²) in [6.45, 7) is 1.11. The summed E-state index contributed by atoms with van der Waals surface area (Å²) in [7, 11) is 0. The Kier molecular flexibility index (Phi) is 4.73. The minimum Gasteiger partial charge on any atom is -0.471 e. The molecule has 0 N–H and O–H groups in total. The summed E-state index contributed by atoms with van der Waals surface area (Å²) in [5, 5.41) is 8.76. The number of thiazole rings is 1. The van der Waals surface area contributed by atoms with Crippen molar-refractivity contribution in [2.45, 2.75) is 10.4 Å². The van der Waals surface area contributed by atoms with Crippen LogP contribution in [-0.2, 0) is 4.79 Å². The van der Waals surface area contributed by atoms with Crippen molar-refractivity contribution >= 4 is 39.2 Å². The maximum Gasteiger partial charge on any atom is 0.233 e. The monoisotopic (exact) mass is 382 g/mol. The number of pyridine rings is 1. The number of hydrogen-bond donors (Lipinski definition) is 0. The van der Waals surface area contributed by atoms with Crippen molar-refractivity contribution < 1.29 is 9.53 Å². The maximum atomic E-state index is 12.3. The van der Waals surface area contributed by atoms with E-state index in [1.54, 1.807) is 28.4 Å². The highest BCUT2D eigenvalue weighted by Crippen LogP contribution is 2.29. The first-order chi connectivity index (χ1) is 12.7. The molecule has 1 saturated heterocycles. The van der Waals surface area contributed by atoms with Crippen LogP contribution in [0.3, 0.4) is 0 Å². The van der Waals surface area contributed by atoms with Crippen molar-refractivity contribution in [2.24, 2.45) is 0 Å². The molecule has 1 aliphatic heterocycles. The number of ether oxygens (including phenoxy) is 1. The Morgan fingerprint density at radius 2 is 2.19 bits per heavy atom. The number of rotatable bonds is 5. The van der Waals surface area contributed by atoms with E-state index in [0.717, 1.165) is 14.6 Å². The molecule has 0 aliphatic carbocycles. The topological polar surface area (TPSA) is 79.1 Å². The van der Waals surface area contributed by atoms with Crippen LogP contribution in [0.15, 0.2) is 46.9 Å². The Morgan fingerprint density at radius 1 is 1.35 bits per heavy atom. The fourth-order valence-corrected chi connectivity index (χ4v) is 4.50. The Morgan fingerprint density at radius 3 is 2.92 bits per heavy atom. The van der Waals surface area contributed by atoms with Crippen LogP contribution in [0, 0.1) is 11.3 Å². The molecule has 6 nitrogen and oxygen atoms in total. The third-order valence-electron chi connectivity index (χ3n) is 3.95. The predicted octanol–water partition coefficient (Wildman–Crippen LogP) is 2.94. The number of nitriles is 1. The van der Waals surface area contributed by atoms with Crippen molar-refractivity contribution in [3.8, 4) is 11.9 Å². The number of carbonyl (C=O) groups excluding carboxylic acids is 1. The van der Waals surface area contributed by atoms with Crippen molar-refractivity contribution in [2.75, 3.05) is 18.8 Å². The Balaban J connectivity index is 1.24. The molecule has 8 heteroatoms. The molecule has 3 heterocycles. The van der Waals surface area contributed by atoms with Crippen LogP contribution in [0.5, 0.6) is 5.88 Å². The summed E-state index contributed by atoms with van der Waals surface area (Å²) < 4.78 is 7.75. The average Bonchev–Trinajstić information content (AvgIpc) is 3.06. The van der Waals surface area contributed by atoms with Gasteiger partial charge in [0.05, 0.1) is 34.6 Å². The van der Waals surface area contributed by atoms with Crippen LogP contribution in [0.25, 0.3) is 10.2 Å². The van der Waals surface area contributed by atoms with Gasteiger partial charge in [0.15, 0.2) is 4.34 Å². The van der Waals surface area contributed by atoms with E-state index in [2.05, 4.69) is 9.97 Å². The van der Waals surface area contributed by atoms with E-state index in [4.69, 9.17) is 10.00 Å². The lowest BCUT2D eigenvalue weighted by Crippen LogP contribution is -2.56. The zero-order valence-corrected chi connectivity index (χ0v) is 15.3. The second-order valence-corrected chi connectivity index (χ2v) is 8.02. The summed E-state index contributed by atoms with van der Waals surface area (Å²) in [5.74, 6) is 0.939. The van der Waals surface area contributed by atoms with Gasteiger partial charge < -0.3 is 9.64 Å². The molecule has 130 valence electrons. The number of nitrogens with zero attached hydrogens (tertiary/aromatic N) is 4. The molecule has 0 spiro atoms. The number of fused-ring (bicyclic) bond motifs is 1. The molecule has 0 radical (unpaired) electrons. The molecule has 1 fully saturated rings. The lowest BCUT2D eigenvalue weighted by atomic mass is 10.1. The van der Waals surface area contributed by atoms with Crippen LogP contribution in [0.1, 0.15) is 5.56 Å². The molecule has 0 unspecified atom stereocenters. The van der Waals surface area contributed by atoms with Crippen molar-refractivity contribution in [1.82, 2.24) is 14.9 Å². The number of para-hydroxylation sites is 1. The van der Waals surface area contributed by atoms with Gasteiger partial charge in [0.25, 0.3) is 0 Å².